The molecule has 2 N–H and O–H groups in total. The molecule has 1 atom stereocenters. The van der Waals surface area contributed by atoms with Gasteiger partial charge in [-0.1, -0.05) is 19.9 Å². The summed E-state index contributed by atoms with van der Waals surface area (Å²) in [4.78, 5) is 13.3. The molecule has 0 saturated carbocycles. The molecule has 1 saturated heterocycles. The van der Waals surface area contributed by atoms with Crippen molar-refractivity contribution in [3.05, 3.63) is 40.6 Å². The molecule has 7 heteroatoms. The number of rotatable bonds is 9. The minimum Gasteiger partial charge on any atom is -0.357 e. The van der Waals surface area contributed by atoms with Crippen LogP contribution in [0.5, 0.6) is 0 Å². The maximum absolute atomic E-state index is 4.80. The van der Waals surface area contributed by atoms with E-state index < -0.39 is 0 Å². The van der Waals surface area contributed by atoms with Crippen LogP contribution in [0.4, 0.5) is 0 Å². The van der Waals surface area contributed by atoms with Gasteiger partial charge >= 0.3 is 0 Å². The van der Waals surface area contributed by atoms with Crippen LogP contribution in [0.15, 0.2) is 34.9 Å². The van der Waals surface area contributed by atoms with Crippen molar-refractivity contribution >= 4 is 17.3 Å². The van der Waals surface area contributed by atoms with Crippen LogP contribution >= 0.6 is 11.3 Å². The van der Waals surface area contributed by atoms with Gasteiger partial charge < -0.3 is 15.2 Å². The summed E-state index contributed by atoms with van der Waals surface area (Å²) >= 11 is 1.85. The number of guanidine groups is 1. The van der Waals surface area contributed by atoms with Crippen molar-refractivity contribution in [1.29, 1.82) is 0 Å². The average Bonchev–Trinajstić information content (AvgIpc) is 3.43. The van der Waals surface area contributed by atoms with Crippen LogP contribution in [0.25, 0.3) is 0 Å². The molecule has 1 unspecified atom stereocenters. The second-order valence-corrected chi connectivity index (χ2v) is 8.72. The molecule has 154 valence electrons. The van der Waals surface area contributed by atoms with Crippen LogP contribution in [0.1, 0.15) is 50.4 Å². The van der Waals surface area contributed by atoms with Gasteiger partial charge in [0.2, 0.25) is 0 Å². The second-order valence-electron chi connectivity index (χ2n) is 7.74. The van der Waals surface area contributed by atoms with Crippen LogP contribution in [0.3, 0.4) is 0 Å². The lowest BCUT2D eigenvalue weighted by molar-refractivity contribution is 0.249. The predicted octanol–water partition coefficient (Wildman–Crippen LogP) is 3.49. The largest absolute Gasteiger partial charge is 0.357 e. The van der Waals surface area contributed by atoms with Crippen molar-refractivity contribution in [2.45, 2.75) is 52.7 Å². The first-order valence-corrected chi connectivity index (χ1v) is 11.3. The fourth-order valence-corrected chi connectivity index (χ4v) is 4.54. The number of hydrogen-bond donors (Lipinski definition) is 2. The Morgan fingerprint density at radius 1 is 1.29 bits per heavy atom. The molecule has 6 nitrogen and oxygen atoms in total. The molecule has 2 aromatic heterocycles. The van der Waals surface area contributed by atoms with Gasteiger partial charge in [-0.15, -0.1) is 11.3 Å². The van der Waals surface area contributed by atoms with Gasteiger partial charge in [-0.3, -0.25) is 4.90 Å². The Bertz CT molecular complexity index is 715. The number of nitrogens with zero attached hydrogens (tertiary/aromatic N) is 4. The number of aliphatic imine (C=N–C) groups is 1. The first kappa shape index (κ1) is 20.9. The molecule has 0 spiro atoms. The SMILES string of the molecule is CCNC(=NCc1nccn1CC(C)C)NCC(c1cccs1)N1CCCC1. The van der Waals surface area contributed by atoms with E-state index in [1.165, 1.54) is 30.8 Å². The predicted molar refractivity (Wildman–Crippen MR) is 118 cm³/mol. The summed E-state index contributed by atoms with van der Waals surface area (Å²) < 4.78 is 2.20. The first-order valence-electron chi connectivity index (χ1n) is 10.5. The van der Waals surface area contributed by atoms with Gasteiger partial charge in [0.25, 0.3) is 0 Å². The normalized spacial score (nSPS) is 16.6. The quantitative estimate of drug-likeness (QED) is 0.498. The molecule has 1 aliphatic heterocycles. The lowest BCUT2D eigenvalue weighted by Gasteiger charge is -2.27. The van der Waals surface area contributed by atoms with Gasteiger partial charge in [0, 0.05) is 36.9 Å². The molecule has 0 aromatic carbocycles. The van der Waals surface area contributed by atoms with E-state index in [9.17, 15) is 0 Å². The molecule has 0 amide bonds. The minimum atomic E-state index is 0.411. The summed E-state index contributed by atoms with van der Waals surface area (Å²) in [6.45, 7) is 12.2. The highest BCUT2D eigenvalue weighted by Crippen LogP contribution is 2.27. The molecule has 28 heavy (non-hydrogen) atoms. The first-order chi connectivity index (χ1) is 13.7. The topological polar surface area (TPSA) is 57.5 Å². The zero-order chi connectivity index (χ0) is 19.8. The smallest absolute Gasteiger partial charge is 0.191 e. The van der Waals surface area contributed by atoms with Gasteiger partial charge in [0.15, 0.2) is 5.96 Å². The molecule has 0 aliphatic carbocycles. The highest BCUT2D eigenvalue weighted by Gasteiger charge is 2.24. The molecule has 1 aliphatic rings. The van der Waals surface area contributed by atoms with Crippen molar-refractivity contribution in [2.75, 3.05) is 26.2 Å². The van der Waals surface area contributed by atoms with E-state index >= 15 is 0 Å². The second kappa shape index (κ2) is 10.6. The van der Waals surface area contributed by atoms with Gasteiger partial charge in [0.05, 0.1) is 6.04 Å². The number of nitrogens with one attached hydrogen (secondary N) is 2. The number of likely N-dealkylation sites (tertiary alicyclic amines) is 1. The zero-order valence-electron chi connectivity index (χ0n) is 17.4. The number of aromatic nitrogens is 2. The lowest BCUT2D eigenvalue weighted by atomic mass is 10.2. The van der Waals surface area contributed by atoms with E-state index in [0.717, 1.165) is 31.4 Å². The summed E-state index contributed by atoms with van der Waals surface area (Å²) in [5.74, 6) is 2.47. The van der Waals surface area contributed by atoms with Crippen LogP contribution in [-0.2, 0) is 13.1 Å². The summed E-state index contributed by atoms with van der Waals surface area (Å²) in [6, 6.07) is 4.81. The highest BCUT2D eigenvalue weighted by molar-refractivity contribution is 7.10. The summed E-state index contributed by atoms with van der Waals surface area (Å²) in [7, 11) is 0. The average molecular weight is 403 g/mol. The number of thiophene rings is 1. The fourth-order valence-electron chi connectivity index (χ4n) is 3.68. The van der Waals surface area contributed by atoms with E-state index in [4.69, 9.17) is 4.99 Å². The summed E-state index contributed by atoms with van der Waals surface area (Å²) in [5.41, 5.74) is 0. The number of imidazole rings is 1. The molecule has 3 rings (SSSR count). The van der Waals surface area contributed by atoms with Gasteiger partial charge in [0.1, 0.15) is 12.4 Å². The van der Waals surface area contributed by atoms with E-state index in [2.05, 4.69) is 63.4 Å². The van der Waals surface area contributed by atoms with E-state index in [1.54, 1.807) is 0 Å². The van der Waals surface area contributed by atoms with Gasteiger partial charge in [-0.05, 0) is 50.2 Å². The fraction of sp³-hybridized carbons (Fsp3) is 0.619. The van der Waals surface area contributed by atoms with Crippen molar-refractivity contribution in [1.82, 2.24) is 25.1 Å². The van der Waals surface area contributed by atoms with Crippen LogP contribution in [-0.4, -0.2) is 46.6 Å². The van der Waals surface area contributed by atoms with Crippen LogP contribution in [0, 0.1) is 5.92 Å². The Labute approximate surface area is 173 Å². The van der Waals surface area contributed by atoms with Crippen LogP contribution < -0.4 is 10.6 Å². The van der Waals surface area contributed by atoms with Crippen molar-refractivity contribution in [3.63, 3.8) is 0 Å². The Morgan fingerprint density at radius 2 is 2.11 bits per heavy atom. The van der Waals surface area contributed by atoms with E-state index in [0.29, 0.717) is 18.5 Å². The van der Waals surface area contributed by atoms with Crippen molar-refractivity contribution < 1.29 is 0 Å². The Kier molecular flexibility index (Phi) is 7.91. The zero-order valence-corrected chi connectivity index (χ0v) is 18.2. The number of hydrogen-bond acceptors (Lipinski definition) is 4. The van der Waals surface area contributed by atoms with E-state index in [-0.39, 0.29) is 0 Å². The maximum atomic E-state index is 4.80. The molecule has 2 aromatic rings. The van der Waals surface area contributed by atoms with Crippen molar-refractivity contribution in [2.24, 2.45) is 10.9 Å². The molecular formula is C21H34N6S. The Hall–Kier alpha value is -1.86. The maximum Gasteiger partial charge on any atom is 0.191 e. The van der Waals surface area contributed by atoms with Gasteiger partial charge in [-0.2, -0.15) is 0 Å². The van der Waals surface area contributed by atoms with Crippen LogP contribution in [0.2, 0.25) is 0 Å². The molecule has 0 bridgehead atoms. The monoisotopic (exact) mass is 402 g/mol. The van der Waals surface area contributed by atoms with E-state index in [1.807, 2.05) is 23.7 Å². The third kappa shape index (κ3) is 5.82. The van der Waals surface area contributed by atoms with Gasteiger partial charge in [-0.25, -0.2) is 9.98 Å². The Balaban J connectivity index is 1.64. The third-order valence-corrected chi connectivity index (χ3v) is 5.98. The Morgan fingerprint density at radius 3 is 2.79 bits per heavy atom. The standard InChI is InChI=1S/C21H34N6S/c1-4-22-21(25-15-20-23-9-12-27(20)16-17(2)3)24-14-18(19-8-7-13-28-19)26-10-5-6-11-26/h7-9,12-13,17-18H,4-6,10-11,14-16H2,1-3H3,(H2,22,24,25). The molecule has 3 heterocycles. The molecule has 0 radical (unpaired) electrons. The lowest BCUT2D eigenvalue weighted by Crippen LogP contribution is -2.42. The van der Waals surface area contributed by atoms with Crippen molar-refractivity contribution in [3.8, 4) is 0 Å². The third-order valence-electron chi connectivity index (χ3n) is 5.00. The molecular weight excluding hydrogens is 368 g/mol. The summed E-state index contributed by atoms with van der Waals surface area (Å²) in [6.07, 6.45) is 6.52. The summed E-state index contributed by atoms with van der Waals surface area (Å²) in [5, 5.41) is 9.13. The highest BCUT2D eigenvalue weighted by atomic mass is 32.1. The minimum absolute atomic E-state index is 0.411. The molecule has 1 fully saturated rings.